The highest BCUT2D eigenvalue weighted by Crippen LogP contribution is 2.41. The summed E-state index contributed by atoms with van der Waals surface area (Å²) in [6, 6.07) is 4.49. The second-order valence-corrected chi connectivity index (χ2v) is 5.87. The van der Waals surface area contributed by atoms with Crippen LogP contribution in [0.2, 0.25) is 0 Å². The number of nitrogens with one attached hydrogen (secondary N) is 1. The van der Waals surface area contributed by atoms with Crippen molar-refractivity contribution in [3.05, 3.63) is 23.6 Å². The third kappa shape index (κ3) is 2.08. The molecule has 1 aliphatic carbocycles. The molecule has 0 atom stereocenters. The number of oxazole rings is 1. The van der Waals surface area contributed by atoms with Crippen molar-refractivity contribution < 1.29 is 4.42 Å². The summed E-state index contributed by atoms with van der Waals surface area (Å²) >= 11 is 0. The monoisotopic (exact) mass is 271 g/mol. The smallest absolute Gasteiger partial charge is 0.198 e. The van der Waals surface area contributed by atoms with Gasteiger partial charge in [-0.25, -0.2) is 4.98 Å². The molecular formula is C16H21N3O. The van der Waals surface area contributed by atoms with E-state index in [1.165, 1.54) is 24.1 Å². The molecule has 0 spiro atoms. The van der Waals surface area contributed by atoms with E-state index in [2.05, 4.69) is 29.3 Å². The van der Waals surface area contributed by atoms with Crippen LogP contribution in [0.3, 0.4) is 0 Å². The van der Waals surface area contributed by atoms with Crippen molar-refractivity contribution in [2.75, 3.05) is 31.1 Å². The fourth-order valence-corrected chi connectivity index (χ4v) is 2.98. The Morgan fingerprint density at radius 3 is 2.80 bits per heavy atom. The van der Waals surface area contributed by atoms with Crippen LogP contribution in [0.4, 0.5) is 5.69 Å². The number of rotatable bonds is 3. The number of hydrogen-bond acceptors (Lipinski definition) is 4. The Morgan fingerprint density at radius 1 is 1.30 bits per heavy atom. The van der Waals surface area contributed by atoms with E-state index in [0.717, 1.165) is 49.6 Å². The molecule has 4 heteroatoms. The standard InChI is InChI=1S/C16H21N3O/c1-2-11-9-13(19-7-5-17-6-8-19)10-14-15(11)20-16(18-14)12-3-4-12/h9-10,12,17H,2-8H2,1H3. The number of nitrogens with zero attached hydrogens (tertiary/aromatic N) is 2. The Labute approximate surface area is 119 Å². The third-order valence-corrected chi connectivity index (χ3v) is 4.36. The molecule has 20 heavy (non-hydrogen) atoms. The maximum absolute atomic E-state index is 6.01. The van der Waals surface area contributed by atoms with Crippen LogP contribution in [0.1, 0.15) is 37.1 Å². The van der Waals surface area contributed by atoms with Crippen molar-refractivity contribution in [3.8, 4) is 0 Å². The van der Waals surface area contributed by atoms with Crippen LogP contribution in [-0.2, 0) is 6.42 Å². The molecule has 0 amide bonds. The van der Waals surface area contributed by atoms with Gasteiger partial charge in [0.1, 0.15) is 5.52 Å². The number of aryl methyl sites for hydroxylation is 1. The summed E-state index contributed by atoms with van der Waals surface area (Å²) in [6.45, 7) is 6.46. The summed E-state index contributed by atoms with van der Waals surface area (Å²) in [6.07, 6.45) is 3.47. The number of fused-ring (bicyclic) bond motifs is 1. The van der Waals surface area contributed by atoms with Crippen LogP contribution < -0.4 is 10.2 Å². The van der Waals surface area contributed by atoms with Gasteiger partial charge in [-0.3, -0.25) is 0 Å². The van der Waals surface area contributed by atoms with Gasteiger partial charge < -0.3 is 14.6 Å². The summed E-state index contributed by atoms with van der Waals surface area (Å²) in [5.74, 6) is 1.53. The highest BCUT2D eigenvalue weighted by molar-refractivity contribution is 5.81. The fourth-order valence-electron chi connectivity index (χ4n) is 2.98. The van der Waals surface area contributed by atoms with Crippen LogP contribution in [0, 0.1) is 0 Å². The Balaban J connectivity index is 1.77. The van der Waals surface area contributed by atoms with Crippen molar-refractivity contribution in [2.45, 2.75) is 32.1 Å². The van der Waals surface area contributed by atoms with Gasteiger partial charge in [-0.05, 0) is 37.0 Å². The minimum absolute atomic E-state index is 0.578. The van der Waals surface area contributed by atoms with E-state index in [4.69, 9.17) is 9.40 Å². The molecule has 0 bridgehead atoms. The topological polar surface area (TPSA) is 41.3 Å². The maximum atomic E-state index is 6.01. The normalized spacial score (nSPS) is 19.8. The molecule has 1 saturated heterocycles. The zero-order valence-corrected chi connectivity index (χ0v) is 12.0. The van der Waals surface area contributed by atoms with Crippen molar-refractivity contribution >= 4 is 16.8 Å². The van der Waals surface area contributed by atoms with Gasteiger partial charge in [0.15, 0.2) is 11.5 Å². The van der Waals surface area contributed by atoms with Gasteiger partial charge in [0.2, 0.25) is 0 Å². The molecule has 1 aromatic carbocycles. The Hall–Kier alpha value is -1.55. The van der Waals surface area contributed by atoms with Crippen molar-refractivity contribution in [1.29, 1.82) is 0 Å². The second kappa shape index (κ2) is 4.77. The van der Waals surface area contributed by atoms with E-state index in [-0.39, 0.29) is 0 Å². The molecule has 1 saturated carbocycles. The summed E-state index contributed by atoms with van der Waals surface area (Å²) in [5.41, 5.74) is 4.63. The first-order valence-corrected chi connectivity index (χ1v) is 7.74. The zero-order chi connectivity index (χ0) is 13.5. The van der Waals surface area contributed by atoms with Crippen molar-refractivity contribution in [1.82, 2.24) is 10.3 Å². The van der Waals surface area contributed by atoms with Crippen LogP contribution in [0.25, 0.3) is 11.1 Å². The second-order valence-electron chi connectivity index (χ2n) is 5.87. The Morgan fingerprint density at radius 2 is 2.10 bits per heavy atom. The molecule has 2 aliphatic rings. The molecule has 4 rings (SSSR count). The number of piperazine rings is 1. The predicted molar refractivity (Wildman–Crippen MR) is 80.4 cm³/mol. The highest BCUT2D eigenvalue weighted by atomic mass is 16.3. The average Bonchev–Trinajstić information content (AvgIpc) is 3.26. The molecule has 0 unspecified atom stereocenters. The third-order valence-electron chi connectivity index (χ3n) is 4.36. The summed E-state index contributed by atoms with van der Waals surface area (Å²) < 4.78 is 6.01. The maximum Gasteiger partial charge on any atom is 0.198 e. The van der Waals surface area contributed by atoms with Gasteiger partial charge in [-0.2, -0.15) is 0 Å². The lowest BCUT2D eigenvalue weighted by Gasteiger charge is -2.29. The van der Waals surface area contributed by atoms with E-state index < -0.39 is 0 Å². The van der Waals surface area contributed by atoms with E-state index in [0.29, 0.717) is 5.92 Å². The minimum Gasteiger partial charge on any atom is -0.440 e. The van der Waals surface area contributed by atoms with Crippen molar-refractivity contribution in [2.24, 2.45) is 0 Å². The Bertz CT molecular complexity index is 624. The van der Waals surface area contributed by atoms with Gasteiger partial charge in [-0.1, -0.05) is 6.92 Å². The first-order valence-electron chi connectivity index (χ1n) is 7.74. The van der Waals surface area contributed by atoms with E-state index in [9.17, 15) is 0 Å². The van der Waals surface area contributed by atoms with Gasteiger partial charge in [0.25, 0.3) is 0 Å². The van der Waals surface area contributed by atoms with Gasteiger partial charge in [0, 0.05) is 37.8 Å². The number of hydrogen-bond donors (Lipinski definition) is 1. The molecule has 0 radical (unpaired) electrons. The number of benzene rings is 1. The molecule has 2 fully saturated rings. The number of aromatic nitrogens is 1. The summed E-state index contributed by atoms with van der Waals surface area (Å²) in [7, 11) is 0. The predicted octanol–water partition coefficient (Wildman–Crippen LogP) is 2.68. The SMILES string of the molecule is CCc1cc(N2CCNCC2)cc2nc(C3CC3)oc12. The minimum atomic E-state index is 0.578. The lowest BCUT2D eigenvalue weighted by atomic mass is 10.1. The largest absolute Gasteiger partial charge is 0.440 e. The number of anilines is 1. The molecule has 4 nitrogen and oxygen atoms in total. The lowest BCUT2D eigenvalue weighted by molar-refractivity contribution is 0.530. The first kappa shape index (κ1) is 12.2. The molecular weight excluding hydrogens is 250 g/mol. The quantitative estimate of drug-likeness (QED) is 0.932. The van der Waals surface area contributed by atoms with E-state index >= 15 is 0 Å². The van der Waals surface area contributed by atoms with Crippen molar-refractivity contribution in [3.63, 3.8) is 0 Å². The van der Waals surface area contributed by atoms with E-state index in [1.807, 2.05) is 0 Å². The lowest BCUT2D eigenvalue weighted by Crippen LogP contribution is -2.43. The molecule has 106 valence electrons. The zero-order valence-electron chi connectivity index (χ0n) is 12.0. The van der Waals surface area contributed by atoms with Gasteiger partial charge in [0.05, 0.1) is 0 Å². The average molecular weight is 271 g/mol. The molecule has 2 heterocycles. The summed E-state index contributed by atoms with van der Waals surface area (Å²) in [4.78, 5) is 7.17. The summed E-state index contributed by atoms with van der Waals surface area (Å²) in [5, 5.41) is 3.40. The molecule has 1 N–H and O–H groups in total. The fraction of sp³-hybridized carbons (Fsp3) is 0.562. The molecule has 1 aliphatic heterocycles. The molecule has 2 aromatic rings. The first-order chi connectivity index (χ1) is 9.85. The van der Waals surface area contributed by atoms with Gasteiger partial charge in [-0.15, -0.1) is 0 Å². The van der Waals surface area contributed by atoms with E-state index in [1.54, 1.807) is 0 Å². The van der Waals surface area contributed by atoms with Crippen LogP contribution in [0.5, 0.6) is 0 Å². The van der Waals surface area contributed by atoms with Crippen LogP contribution in [-0.4, -0.2) is 31.2 Å². The Kier molecular flexibility index (Phi) is 2.91. The van der Waals surface area contributed by atoms with Crippen LogP contribution >= 0.6 is 0 Å². The highest BCUT2D eigenvalue weighted by Gasteiger charge is 2.29. The van der Waals surface area contributed by atoms with Crippen LogP contribution in [0.15, 0.2) is 16.5 Å². The molecule has 1 aromatic heterocycles. The van der Waals surface area contributed by atoms with Gasteiger partial charge >= 0.3 is 0 Å².